The second-order valence-electron chi connectivity index (χ2n) is 6.89. The zero-order valence-corrected chi connectivity index (χ0v) is 18.5. The van der Waals surface area contributed by atoms with Crippen LogP contribution in [-0.2, 0) is 30.9 Å². The molecule has 1 aliphatic rings. The van der Waals surface area contributed by atoms with E-state index in [0.717, 1.165) is 9.87 Å². The lowest BCUT2D eigenvalue weighted by atomic mass is 10.1. The van der Waals surface area contributed by atoms with Crippen LogP contribution in [-0.4, -0.2) is 55.9 Å². The fraction of sp³-hybridized carbons (Fsp3) is 0.350. The maximum Gasteiger partial charge on any atom is 0.264 e. The van der Waals surface area contributed by atoms with Gasteiger partial charge in [-0.1, -0.05) is 23.7 Å². The number of benzene rings is 2. The van der Waals surface area contributed by atoms with Crippen molar-refractivity contribution in [3.63, 3.8) is 0 Å². The van der Waals surface area contributed by atoms with Gasteiger partial charge >= 0.3 is 0 Å². The first-order chi connectivity index (χ1) is 14.8. The number of sulfonamides is 1. The van der Waals surface area contributed by atoms with Crippen LogP contribution in [0.2, 0.25) is 5.02 Å². The molecule has 3 atom stereocenters. The van der Waals surface area contributed by atoms with Gasteiger partial charge in [-0.2, -0.15) is 4.31 Å². The van der Waals surface area contributed by atoms with E-state index in [-0.39, 0.29) is 18.0 Å². The van der Waals surface area contributed by atoms with Gasteiger partial charge in [0.25, 0.3) is 5.91 Å². The molecule has 2 aromatic rings. The molecule has 1 saturated heterocycles. The monoisotopic (exact) mass is 470 g/mol. The Labute approximate surface area is 185 Å². The minimum Gasteiger partial charge on any atom is -0.489 e. The standard InChI is InChI=1S/C20H23ClN2O7S/c1-13-19(20(24)22-25)23(11-18(28-2)30-13)31(26,27)17-8-6-16(7-9-17)29-12-14-4-3-5-15(21)10-14/h3-10,13,18-19,25H,11-12H2,1-2H3,(H,22,24). The number of amides is 1. The number of methoxy groups -OCH3 is 1. The SMILES string of the molecule is COC1CN(S(=O)(=O)c2ccc(OCc3cccc(Cl)c3)cc2)C(C(=O)NO)C(C)O1. The van der Waals surface area contributed by atoms with E-state index in [1.807, 2.05) is 12.1 Å². The molecule has 0 bridgehead atoms. The van der Waals surface area contributed by atoms with Crippen LogP contribution in [0.15, 0.2) is 53.4 Å². The van der Waals surface area contributed by atoms with Crippen molar-refractivity contribution in [2.24, 2.45) is 0 Å². The fourth-order valence-corrected chi connectivity index (χ4v) is 5.12. The van der Waals surface area contributed by atoms with Crippen molar-refractivity contribution in [1.29, 1.82) is 0 Å². The molecular formula is C20H23ClN2O7S. The highest BCUT2D eigenvalue weighted by Gasteiger charge is 2.45. The number of halogens is 1. The highest BCUT2D eigenvalue weighted by molar-refractivity contribution is 7.89. The molecule has 9 nitrogen and oxygen atoms in total. The van der Waals surface area contributed by atoms with Gasteiger partial charge in [-0.3, -0.25) is 10.0 Å². The number of nitrogens with zero attached hydrogens (tertiary/aromatic N) is 1. The quantitative estimate of drug-likeness (QED) is 0.470. The number of morpholine rings is 1. The summed E-state index contributed by atoms with van der Waals surface area (Å²) in [5.41, 5.74) is 2.37. The maximum atomic E-state index is 13.3. The van der Waals surface area contributed by atoms with Crippen LogP contribution < -0.4 is 10.2 Å². The normalized spacial score (nSPS) is 22.1. The smallest absolute Gasteiger partial charge is 0.264 e. The lowest BCUT2D eigenvalue weighted by Gasteiger charge is -2.40. The Morgan fingerprint density at radius 1 is 1.29 bits per heavy atom. The molecule has 1 aliphatic heterocycles. The predicted molar refractivity (Wildman–Crippen MR) is 111 cm³/mol. The number of nitrogens with one attached hydrogen (secondary N) is 1. The fourth-order valence-electron chi connectivity index (χ4n) is 3.28. The second kappa shape index (κ2) is 9.94. The lowest BCUT2D eigenvalue weighted by Crippen LogP contribution is -2.61. The Balaban J connectivity index is 1.80. The summed E-state index contributed by atoms with van der Waals surface area (Å²) in [6, 6.07) is 11.8. The highest BCUT2D eigenvalue weighted by Crippen LogP contribution is 2.28. The number of rotatable bonds is 7. The number of ether oxygens (including phenoxy) is 3. The van der Waals surface area contributed by atoms with E-state index in [0.29, 0.717) is 10.8 Å². The molecule has 3 rings (SSSR count). The Morgan fingerprint density at radius 2 is 2.00 bits per heavy atom. The van der Waals surface area contributed by atoms with Gasteiger partial charge in [-0.15, -0.1) is 0 Å². The molecule has 11 heteroatoms. The Bertz CT molecular complexity index is 1020. The van der Waals surface area contributed by atoms with Crippen molar-refractivity contribution in [3.8, 4) is 5.75 Å². The zero-order valence-electron chi connectivity index (χ0n) is 16.9. The summed E-state index contributed by atoms with van der Waals surface area (Å²) < 4.78 is 43.8. The van der Waals surface area contributed by atoms with E-state index >= 15 is 0 Å². The third-order valence-corrected chi connectivity index (χ3v) is 6.91. The summed E-state index contributed by atoms with van der Waals surface area (Å²) in [6.45, 7) is 1.58. The van der Waals surface area contributed by atoms with Gasteiger partial charge in [-0.25, -0.2) is 13.9 Å². The molecule has 0 radical (unpaired) electrons. The lowest BCUT2D eigenvalue weighted by molar-refractivity contribution is -0.200. The number of hydrogen-bond donors (Lipinski definition) is 2. The van der Waals surface area contributed by atoms with E-state index < -0.39 is 34.4 Å². The minimum absolute atomic E-state index is 0.0395. The zero-order chi connectivity index (χ0) is 22.6. The van der Waals surface area contributed by atoms with Crippen LogP contribution in [0, 0.1) is 0 Å². The first-order valence-corrected chi connectivity index (χ1v) is 11.2. The second-order valence-corrected chi connectivity index (χ2v) is 9.22. The van der Waals surface area contributed by atoms with Gasteiger partial charge in [0.15, 0.2) is 6.29 Å². The molecule has 31 heavy (non-hydrogen) atoms. The molecule has 0 saturated carbocycles. The van der Waals surface area contributed by atoms with E-state index in [9.17, 15) is 13.2 Å². The summed E-state index contributed by atoms with van der Waals surface area (Å²) in [5, 5.41) is 9.65. The first-order valence-electron chi connectivity index (χ1n) is 9.37. The average Bonchev–Trinajstić information content (AvgIpc) is 2.77. The summed E-state index contributed by atoms with van der Waals surface area (Å²) >= 11 is 5.96. The highest BCUT2D eigenvalue weighted by atomic mass is 35.5. The molecule has 2 aromatic carbocycles. The van der Waals surface area contributed by atoms with Gasteiger partial charge in [0.05, 0.1) is 17.5 Å². The molecule has 168 valence electrons. The van der Waals surface area contributed by atoms with E-state index in [1.165, 1.54) is 43.8 Å². The van der Waals surface area contributed by atoms with Crippen molar-refractivity contribution in [2.45, 2.75) is 36.9 Å². The molecule has 2 N–H and O–H groups in total. The third-order valence-electron chi connectivity index (χ3n) is 4.82. The first kappa shape index (κ1) is 23.5. The number of hydroxylamine groups is 1. The van der Waals surface area contributed by atoms with Crippen LogP contribution in [0.5, 0.6) is 5.75 Å². The van der Waals surface area contributed by atoms with Crippen LogP contribution in [0.25, 0.3) is 0 Å². The van der Waals surface area contributed by atoms with Gasteiger partial charge in [0.2, 0.25) is 10.0 Å². The van der Waals surface area contributed by atoms with Gasteiger partial charge in [0.1, 0.15) is 18.4 Å². The van der Waals surface area contributed by atoms with Crippen LogP contribution in [0.4, 0.5) is 0 Å². The van der Waals surface area contributed by atoms with Crippen molar-refractivity contribution in [1.82, 2.24) is 9.79 Å². The molecule has 0 aliphatic carbocycles. The summed E-state index contributed by atoms with van der Waals surface area (Å²) in [7, 11) is -2.73. The van der Waals surface area contributed by atoms with Crippen molar-refractivity contribution in [2.75, 3.05) is 13.7 Å². The number of carbonyl (C=O) groups excluding carboxylic acids is 1. The van der Waals surface area contributed by atoms with E-state index in [4.69, 9.17) is 31.0 Å². The third kappa shape index (κ3) is 5.35. The average molecular weight is 471 g/mol. The molecule has 1 fully saturated rings. The molecule has 1 amide bonds. The Hall–Kier alpha value is -2.21. The maximum absolute atomic E-state index is 13.3. The number of hydrogen-bond acceptors (Lipinski definition) is 7. The molecule has 1 heterocycles. The van der Waals surface area contributed by atoms with Gasteiger partial charge in [-0.05, 0) is 48.9 Å². The summed E-state index contributed by atoms with van der Waals surface area (Å²) in [5.74, 6) is -0.430. The van der Waals surface area contributed by atoms with Crippen LogP contribution in [0.1, 0.15) is 12.5 Å². The topological polar surface area (TPSA) is 114 Å². The van der Waals surface area contributed by atoms with Crippen LogP contribution >= 0.6 is 11.6 Å². The Kier molecular flexibility index (Phi) is 7.52. The molecule has 0 aromatic heterocycles. The van der Waals surface area contributed by atoms with E-state index in [2.05, 4.69) is 0 Å². The number of carbonyl (C=O) groups is 1. The van der Waals surface area contributed by atoms with Crippen LogP contribution in [0.3, 0.4) is 0 Å². The van der Waals surface area contributed by atoms with Crippen molar-refractivity contribution >= 4 is 27.5 Å². The molecule has 3 unspecified atom stereocenters. The van der Waals surface area contributed by atoms with Crippen molar-refractivity contribution in [3.05, 3.63) is 59.1 Å². The van der Waals surface area contributed by atoms with E-state index in [1.54, 1.807) is 12.1 Å². The summed E-state index contributed by atoms with van der Waals surface area (Å²) in [4.78, 5) is 12.1. The summed E-state index contributed by atoms with van der Waals surface area (Å²) in [6.07, 6.45) is -1.70. The Morgan fingerprint density at radius 3 is 2.61 bits per heavy atom. The predicted octanol–water partition coefficient (Wildman–Crippen LogP) is 2.17. The largest absolute Gasteiger partial charge is 0.489 e. The molecular weight excluding hydrogens is 448 g/mol. The minimum atomic E-state index is -4.10. The van der Waals surface area contributed by atoms with Crippen molar-refractivity contribution < 1.29 is 32.6 Å². The van der Waals surface area contributed by atoms with Gasteiger partial charge < -0.3 is 14.2 Å². The van der Waals surface area contributed by atoms with Gasteiger partial charge in [0, 0.05) is 12.1 Å². The molecule has 0 spiro atoms.